The highest BCUT2D eigenvalue weighted by Gasteiger charge is 2.32. The predicted octanol–water partition coefficient (Wildman–Crippen LogP) is 4.09. The van der Waals surface area contributed by atoms with E-state index in [1.165, 1.54) is 5.56 Å². The Morgan fingerprint density at radius 2 is 1.72 bits per heavy atom. The summed E-state index contributed by atoms with van der Waals surface area (Å²) in [6.07, 6.45) is 5.48. The van der Waals surface area contributed by atoms with Crippen LogP contribution >= 0.6 is 0 Å². The van der Waals surface area contributed by atoms with Crippen molar-refractivity contribution in [1.29, 1.82) is 0 Å². The van der Waals surface area contributed by atoms with E-state index in [4.69, 9.17) is 15.2 Å². The first-order chi connectivity index (χ1) is 14.2. The average molecular weight is 397 g/mol. The molecule has 0 saturated carbocycles. The molecule has 0 bridgehead atoms. The minimum Gasteiger partial charge on any atom is -0.493 e. The topological polar surface area (TPSA) is 64.8 Å². The molecule has 0 fully saturated rings. The molecule has 29 heavy (non-hydrogen) atoms. The number of hydrogen-bond acceptors (Lipinski definition) is 4. The van der Waals surface area contributed by atoms with Gasteiger partial charge in [-0.3, -0.25) is 4.79 Å². The Bertz CT molecular complexity index is 807. The van der Waals surface area contributed by atoms with Crippen molar-refractivity contribution >= 4 is 5.91 Å². The van der Waals surface area contributed by atoms with Crippen LogP contribution in [0.1, 0.15) is 54.8 Å². The third-order valence-corrected chi connectivity index (χ3v) is 5.65. The van der Waals surface area contributed by atoms with E-state index in [-0.39, 0.29) is 11.9 Å². The van der Waals surface area contributed by atoms with E-state index in [2.05, 4.69) is 18.2 Å². The van der Waals surface area contributed by atoms with Crippen molar-refractivity contribution in [2.24, 2.45) is 5.73 Å². The van der Waals surface area contributed by atoms with Crippen molar-refractivity contribution in [1.82, 2.24) is 4.90 Å². The summed E-state index contributed by atoms with van der Waals surface area (Å²) in [5, 5.41) is 0. The fraction of sp³-hybridized carbons (Fsp3) is 0.458. The van der Waals surface area contributed by atoms with E-state index in [9.17, 15) is 4.79 Å². The van der Waals surface area contributed by atoms with Gasteiger partial charge in [0.05, 0.1) is 20.3 Å². The largest absolute Gasteiger partial charge is 0.493 e. The Hall–Kier alpha value is -2.53. The van der Waals surface area contributed by atoms with Gasteiger partial charge in [0, 0.05) is 13.0 Å². The average Bonchev–Trinajstić information content (AvgIpc) is 2.77. The number of hydrogen-bond donors (Lipinski definition) is 1. The number of rotatable bonds is 9. The number of unbranched alkanes of at least 4 members (excludes halogenated alkanes) is 3. The summed E-state index contributed by atoms with van der Waals surface area (Å²) in [6.45, 7) is 1.43. The molecule has 1 aliphatic heterocycles. The standard InChI is InChI=1S/C24H32N2O3/c1-28-21-16-19-13-15-26(23(27)12-8-3-4-9-14-25)24(18-10-6-5-7-11-18)20(19)17-22(21)29-2/h5-7,10-11,16-17,24H,3-4,8-9,12-15,25H2,1-2H3. The monoisotopic (exact) mass is 396 g/mol. The molecule has 2 N–H and O–H groups in total. The molecule has 0 aliphatic carbocycles. The molecule has 156 valence electrons. The van der Waals surface area contributed by atoms with Gasteiger partial charge >= 0.3 is 0 Å². The van der Waals surface area contributed by atoms with Gasteiger partial charge in [0.25, 0.3) is 0 Å². The van der Waals surface area contributed by atoms with Crippen molar-refractivity contribution in [3.05, 3.63) is 59.2 Å². The number of nitrogens with zero attached hydrogens (tertiary/aromatic N) is 1. The predicted molar refractivity (Wildman–Crippen MR) is 115 cm³/mol. The number of benzene rings is 2. The molecule has 2 aromatic carbocycles. The minimum atomic E-state index is -0.101. The van der Waals surface area contributed by atoms with Gasteiger partial charge in [0.2, 0.25) is 5.91 Å². The second kappa shape index (κ2) is 10.3. The number of amides is 1. The molecule has 5 nitrogen and oxygen atoms in total. The lowest BCUT2D eigenvalue weighted by atomic mass is 9.87. The lowest BCUT2D eigenvalue weighted by Gasteiger charge is -2.38. The number of fused-ring (bicyclic) bond motifs is 1. The molecule has 3 rings (SSSR count). The molecule has 1 atom stereocenters. The van der Waals surface area contributed by atoms with Gasteiger partial charge in [-0.05, 0) is 54.6 Å². The quantitative estimate of drug-likeness (QED) is 0.649. The van der Waals surface area contributed by atoms with Gasteiger partial charge in [-0.25, -0.2) is 0 Å². The number of nitrogens with two attached hydrogens (primary N) is 1. The van der Waals surface area contributed by atoms with Crippen LogP contribution in [0, 0.1) is 0 Å². The Balaban J connectivity index is 1.89. The first kappa shape index (κ1) is 21.2. The fourth-order valence-corrected chi connectivity index (χ4v) is 4.13. The molecule has 0 radical (unpaired) electrons. The summed E-state index contributed by atoms with van der Waals surface area (Å²) < 4.78 is 11.0. The lowest BCUT2D eigenvalue weighted by molar-refractivity contribution is -0.133. The zero-order chi connectivity index (χ0) is 20.6. The molecule has 0 saturated heterocycles. The van der Waals surface area contributed by atoms with Crippen molar-refractivity contribution in [2.75, 3.05) is 27.3 Å². The number of ether oxygens (including phenoxy) is 2. The highest BCUT2D eigenvalue weighted by molar-refractivity contribution is 5.78. The van der Waals surface area contributed by atoms with E-state index >= 15 is 0 Å². The highest BCUT2D eigenvalue weighted by atomic mass is 16.5. The van der Waals surface area contributed by atoms with E-state index in [0.717, 1.165) is 55.5 Å². The third-order valence-electron chi connectivity index (χ3n) is 5.65. The van der Waals surface area contributed by atoms with Gasteiger partial charge in [-0.1, -0.05) is 43.2 Å². The maximum Gasteiger partial charge on any atom is 0.223 e. The fourth-order valence-electron chi connectivity index (χ4n) is 4.13. The van der Waals surface area contributed by atoms with Gasteiger partial charge in [0.1, 0.15) is 0 Å². The number of methoxy groups -OCH3 is 2. The van der Waals surface area contributed by atoms with Gasteiger partial charge in [-0.2, -0.15) is 0 Å². The molecular formula is C24H32N2O3. The molecule has 1 unspecified atom stereocenters. The molecule has 1 heterocycles. The summed E-state index contributed by atoms with van der Waals surface area (Å²) in [4.78, 5) is 15.2. The zero-order valence-electron chi connectivity index (χ0n) is 17.5. The number of carbonyl (C=O) groups is 1. The highest BCUT2D eigenvalue weighted by Crippen LogP contribution is 2.41. The Labute approximate surface area is 173 Å². The van der Waals surface area contributed by atoms with Crippen molar-refractivity contribution < 1.29 is 14.3 Å². The van der Waals surface area contributed by atoms with Crippen LogP contribution in [0.2, 0.25) is 0 Å². The van der Waals surface area contributed by atoms with Gasteiger partial charge < -0.3 is 20.1 Å². The first-order valence-electron chi connectivity index (χ1n) is 10.5. The smallest absolute Gasteiger partial charge is 0.223 e. The van der Waals surface area contributed by atoms with Gasteiger partial charge in [-0.15, -0.1) is 0 Å². The maximum absolute atomic E-state index is 13.1. The molecule has 0 aromatic heterocycles. The second-order valence-electron chi connectivity index (χ2n) is 7.51. The van der Waals surface area contributed by atoms with Crippen LogP contribution in [0.3, 0.4) is 0 Å². The maximum atomic E-state index is 13.1. The summed E-state index contributed by atoms with van der Waals surface area (Å²) in [5.74, 6) is 1.65. The van der Waals surface area contributed by atoms with Crippen LogP contribution in [0.25, 0.3) is 0 Å². The van der Waals surface area contributed by atoms with Crippen LogP contribution in [0.5, 0.6) is 11.5 Å². The van der Waals surface area contributed by atoms with Crippen LogP contribution < -0.4 is 15.2 Å². The van der Waals surface area contributed by atoms with Crippen molar-refractivity contribution in [3.63, 3.8) is 0 Å². The summed E-state index contributed by atoms with van der Waals surface area (Å²) in [5.41, 5.74) is 9.02. The minimum absolute atomic E-state index is 0.101. The third kappa shape index (κ3) is 4.91. The molecular weight excluding hydrogens is 364 g/mol. The van der Waals surface area contributed by atoms with Crippen molar-refractivity contribution in [3.8, 4) is 11.5 Å². The van der Waals surface area contributed by atoms with E-state index in [1.807, 2.05) is 29.2 Å². The van der Waals surface area contributed by atoms with Crippen LogP contribution in [-0.2, 0) is 11.2 Å². The van der Waals surface area contributed by atoms with Crippen molar-refractivity contribution in [2.45, 2.75) is 44.6 Å². The van der Waals surface area contributed by atoms with E-state index in [0.29, 0.717) is 18.7 Å². The first-order valence-corrected chi connectivity index (χ1v) is 10.5. The molecule has 2 aromatic rings. The number of carbonyl (C=O) groups excluding carboxylic acids is 1. The molecule has 1 aliphatic rings. The molecule has 0 spiro atoms. The van der Waals surface area contributed by atoms with Crippen LogP contribution in [0.15, 0.2) is 42.5 Å². The summed E-state index contributed by atoms with van der Waals surface area (Å²) in [6, 6.07) is 14.2. The Morgan fingerprint density at radius 1 is 1.03 bits per heavy atom. The van der Waals surface area contributed by atoms with Crippen LogP contribution in [0.4, 0.5) is 0 Å². The summed E-state index contributed by atoms with van der Waals surface area (Å²) in [7, 11) is 3.30. The normalized spacial score (nSPS) is 15.7. The molecule has 5 heteroatoms. The van der Waals surface area contributed by atoms with E-state index in [1.54, 1.807) is 14.2 Å². The van der Waals surface area contributed by atoms with E-state index < -0.39 is 0 Å². The zero-order valence-corrected chi connectivity index (χ0v) is 17.5. The lowest BCUT2D eigenvalue weighted by Crippen LogP contribution is -2.40. The second-order valence-corrected chi connectivity index (χ2v) is 7.51. The molecule has 1 amide bonds. The SMILES string of the molecule is COc1cc2c(cc1OC)C(c1ccccc1)N(C(=O)CCCCCCN)CC2. The van der Waals surface area contributed by atoms with Gasteiger partial charge in [0.15, 0.2) is 11.5 Å². The Kier molecular flexibility index (Phi) is 7.53. The van der Waals surface area contributed by atoms with Crippen LogP contribution in [-0.4, -0.2) is 38.1 Å². The summed E-state index contributed by atoms with van der Waals surface area (Å²) >= 11 is 0. The Morgan fingerprint density at radius 3 is 2.41 bits per heavy atom.